The lowest BCUT2D eigenvalue weighted by atomic mass is 9.77. The zero-order chi connectivity index (χ0) is 19.0. The molecule has 0 unspecified atom stereocenters. The predicted octanol–water partition coefficient (Wildman–Crippen LogP) is 3.91. The molecule has 2 aromatic carbocycles. The fraction of sp³-hybridized carbons (Fsp3) is 0.227. The van der Waals surface area contributed by atoms with Crippen LogP contribution in [0, 0.1) is 0 Å². The van der Waals surface area contributed by atoms with Gasteiger partial charge in [-0.25, -0.2) is 4.79 Å². The second-order valence-corrected chi connectivity index (χ2v) is 6.89. The van der Waals surface area contributed by atoms with Crippen molar-refractivity contribution in [3.05, 3.63) is 77.0 Å². The van der Waals surface area contributed by atoms with Gasteiger partial charge < -0.3 is 5.11 Å². The maximum Gasteiger partial charge on any atom is 0.335 e. The topological polar surface area (TPSA) is 74.7 Å². The summed E-state index contributed by atoms with van der Waals surface area (Å²) in [5.74, 6) is -1.19. The van der Waals surface area contributed by atoms with Crippen molar-refractivity contribution in [1.29, 1.82) is 0 Å². The first-order valence-corrected chi connectivity index (χ1v) is 9.04. The number of Topliss-reactive ketones (excluding diaryl/α,β-unsaturated/α-hetero) is 1. The smallest absolute Gasteiger partial charge is 0.335 e. The van der Waals surface area contributed by atoms with E-state index in [0.717, 1.165) is 23.3 Å². The number of carbonyl (C=O) groups is 3. The van der Waals surface area contributed by atoms with Gasteiger partial charge in [-0.1, -0.05) is 30.3 Å². The molecule has 0 radical (unpaired) electrons. The highest BCUT2D eigenvalue weighted by Gasteiger charge is 2.39. The Bertz CT molecular complexity index is 944. The van der Waals surface area contributed by atoms with Crippen LogP contribution in [0.3, 0.4) is 0 Å². The van der Waals surface area contributed by atoms with Gasteiger partial charge in [-0.05, 0) is 42.7 Å². The third kappa shape index (κ3) is 3.05. The third-order valence-corrected chi connectivity index (χ3v) is 5.25. The lowest BCUT2D eigenvalue weighted by molar-refractivity contribution is -0.119. The lowest BCUT2D eigenvalue weighted by Gasteiger charge is -2.38. The molecule has 5 heteroatoms. The van der Waals surface area contributed by atoms with E-state index in [9.17, 15) is 14.4 Å². The highest BCUT2D eigenvalue weighted by Crippen LogP contribution is 2.43. The third-order valence-electron chi connectivity index (χ3n) is 5.25. The Morgan fingerprint density at radius 2 is 1.67 bits per heavy atom. The quantitative estimate of drug-likeness (QED) is 0.899. The zero-order valence-corrected chi connectivity index (χ0v) is 14.7. The summed E-state index contributed by atoms with van der Waals surface area (Å²) in [6.45, 7) is 0. The van der Waals surface area contributed by atoms with Crippen LogP contribution in [0.4, 0.5) is 5.69 Å². The van der Waals surface area contributed by atoms with Crippen LogP contribution in [0.1, 0.15) is 47.5 Å². The minimum atomic E-state index is -1.01. The summed E-state index contributed by atoms with van der Waals surface area (Å²) in [5.41, 5.74) is 3.25. The van der Waals surface area contributed by atoms with Crippen LogP contribution in [-0.4, -0.2) is 22.8 Å². The van der Waals surface area contributed by atoms with Gasteiger partial charge in [0.1, 0.15) is 0 Å². The lowest BCUT2D eigenvalue weighted by Crippen LogP contribution is -2.40. The molecule has 0 spiro atoms. The van der Waals surface area contributed by atoms with E-state index in [-0.39, 0.29) is 29.6 Å². The average molecular weight is 361 g/mol. The molecule has 0 bridgehead atoms. The van der Waals surface area contributed by atoms with Gasteiger partial charge in [-0.3, -0.25) is 14.5 Å². The molecule has 27 heavy (non-hydrogen) atoms. The van der Waals surface area contributed by atoms with E-state index in [1.807, 2.05) is 30.3 Å². The number of carbonyl (C=O) groups excluding carboxylic acids is 2. The van der Waals surface area contributed by atoms with Gasteiger partial charge in [0, 0.05) is 35.7 Å². The van der Waals surface area contributed by atoms with Crippen molar-refractivity contribution in [3.63, 3.8) is 0 Å². The Balaban J connectivity index is 1.81. The molecule has 2 aromatic rings. The number of aromatic carboxylic acids is 1. The number of amides is 1. The number of rotatable bonds is 3. The van der Waals surface area contributed by atoms with E-state index in [4.69, 9.17) is 5.11 Å². The predicted molar refractivity (Wildman–Crippen MR) is 101 cm³/mol. The molecule has 0 saturated carbocycles. The molecule has 0 fully saturated rings. The maximum absolute atomic E-state index is 13.0. The van der Waals surface area contributed by atoms with Gasteiger partial charge >= 0.3 is 5.97 Å². The number of allylic oxidation sites excluding steroid dienone is 2. The first kappa shape index (κ1) is 17.2. The van der Waals surface area contributed by atoms with Crippen molar-refractivity contribution < 1.29 is 19.5 Å². The minimum absolute atomic E-state index is 0.0691. The summed E-state index contributed by atoms with van der Waals surface area (Å²) >= 11 is 0. The first-order valence-electron chi connectivity index (χ1n) is 9.04. The number of hydrogen-bond acceptors (Lipinski definition) is 3. The second kappa shape index (κ2) is 6.83. The molecule has 1 aliphatic carbocycles. The van der Waals surface area contributed by atoms with Crippen LogP contribution in [0.2, 0.25) is 0 Å². The van der Waals surface area contributed by atoms with Crippen LogP contribution >= 0.6 is 0 Å². The molecule has 1 N–H and O–H groups in total. The van der Waals surface area contributed by atoms with Crippen LogP contribution < -0.4 is 4.90 Å². The maximum atomic E-state index is 13.0. The van der Waals surface area contributed by atoms with Crippen molar-refractivity contribution in [2.75, 3.05) is 4.90 Å². The molecule has 136 valence electrons. The first-order chi connectivity index (χ1) is 13.1. The van der Waals surface area contributed by atoms with Crippen LogP contribution in [0.15, 0.2) is 65.9 Å². The molecule has 5 nitrogen and oxygen atoms in total. The van der Waals surface area contributed by atoms with Gasteiger partial charge in [-0.15, -0.1) is 0 Å². The van der Waals surface area contributed by atoms with Gasteiger partial charge in [0.2, 0.25) is 5.91 Å². The molecule has 1 aliphatic heterocycles. The highest BCUT2D eigenvalue weighted by molar-refractivity contribution is 6.07. The monoisotopic (exact) mass is 361 g/mol. The molecular formula is C22H19NO4. The Kier molecular flexibility index (Phi) is 4.36. The minimum Gasteiger partial charge on any atom is -0.478 e. The van der Waals surface area contributed by atoms with E-state index >= 15 is 0 Å². The molecule has 0 aromatic heterocycles. The average Bonchev–Trinajstić information content (AvgIpc) is 2.68. The van der Waals surface area contributed by atoms with Crippen LogP contribution in [0.25, 0.3) is 0 Å². The Morgan fingerprint density at radius 1 is 0.963 bits per heavy atom. The van der Waals surface area contributed by atoms with Crippen molar-refractivity contribution in [2.24, 2.45) is 0 Å². The Hall–Kier alpha value is -3.21. The normalized spacial score (nSPS) is 19.9. The molecule has 4 rings (SSSR count). The number of hydrogen-bond donors (Lipinski definition) is 1. The van der Waals surface area contributed by atoms with E-state index in [2.05, 4.69) is 0 Å². The van der Waals surface area contributed by atoms with E-state index in [1.54, 1.807) is 17.0 Å². The Morgan fingerprint density at radius 3 is 2.33 bits per heavy atom. The molecule has 1 heterocycles. The number of ketones is 1. The number of carboxylic acids is 1. The number of anilines is 1. The fourth-order valence-electron chi connectivity index (χ4n) is 4.02. The summed E-state index contributed by atoms with van der Waals surface area (Å²) in [6, 6.07) is 15.9. The Labute approximate surface area is 156 Å². The number of nitrogens with zero attached hydrogens (tertiary/aromatic N) is 1. The van der Waals surface area contributed by atoms with E-state index < -0.39 is 5.97 Å². The summed E-state index contributed by atoms with van der Waals surface area (Å²) < 4.78 is 0. The van der Waals surface area contributed by atoms with Gasteiger partial charge in [0.15, 0.2) is 5.78 Å². The SMILES string of the molecule is O=C1CCCC2=C1[C@@H](c1ccccc1)CC(=O)N2c1ccc(C(=O)O)cc1. The van der Waals surface area contributed by atoms with Gasteiger partial charge in [0.25, 0.3) is 0 Å². The summed E-state index contributed by atoms with van der Waals surface area (Å²) in [5, 5.41) is 9.09. The molecule has 1 atom stereocenters. The number of benzene rings is 2. The molecule has 0 saturated heterocycles. The zero-order valence-electron chi connectivity index (χ0n) is 14.7. The van der Waals surface area contributed by atoms with Crippen molar-refractivity contribution >= 4 is 23.3 Å². The second-order valence-electron chi connectivity index (χ2n) is 6.89. The van der Waals surface area contributed by atoms with Gasteiger partial charge in [-0.2, -0.15) is 0 Å². The van der Waals surface area contributed by atoms with Crippen molar-refractivity contribution in [1.82, 2.24) is 0 Å². The van der Waals surface area contributed by atoms with E-state index in [1.165, 1.54) is 12.1 Å². The van der Waals surface area contributed by atoms with Crippen molar-refractivity contribution in [3.8, 4) is 0 Å². The summed E-state index contributed by atoms with van der Waals surface area (Å²) in [6.07, 6.45) is 2.12. The summed E-state index contributed by atoms with van der Waals surface area (Å²) in [4.78, 5) is 38.5. The molecule has 2 aliphatic rings. The molecular weight excluding hydrogens is 342 g/mol. The van der Waals surface area contributed by atoms with Crippen molar-refractivity contribution in [2.45, 2.75) is 31.6 Å². The van der Waals surface area contributed by atoms with Crippen LogP contribution in [0.5, 0.6) is 0 Å². The number of carboxylic acid groups (broad SMARTS) is 1. The largest absolute Gasteiger partial charge is 0.478 e. The van der Waals surface area contributed by atoms with E-state index in [0.29, 0.717) is 18.5 Å². The highest BCUT2D eigenvalue weighted by atomic mass is 16.4. The summed E-state index contributed by atoms with van der Waals surface area (Å²) in [7, 11) is 0. The standard InChI is InChI=1S/C22H19NO4/c24-19-8-4-7-18-21(19)17(14-5-2-1-3-6-14)13-20(25)23(18)16-11-9-15(10-12-16)22(26)27/h1-3,5-6,9-12,17H,4,7-8,13H2,(H,26,27)/t17-/m1/s1. The fourth-order valence-corrected chi connectivity index (χ4v) is 4.02. The van der Waals surface area contributed by atoms with Crippen LogP contribution in [-0.2, 0) is 9.59 Å². The molecule has 1 amide bonds. The van der Waals surface area contributed by atoms with Gasteiger partial charge in [0.05, 0.1) is 5.56 Å².